The Morgan fingerprint density at radius 2 is 1.58 bits per heavy atom. The van der Waals surface area contributed by atoms with E-state index in [0.717, 1.165) is 5.19 Å². The lowest BCUT2D eigenvalue weighted by Crippen LogP contribution is -2.40. The molecule has 0 heterocycles. The maximum Gasteiger partial charge on any atom is 0.130 e. The lowest BCUT2D eigenvalue weighted by Gasteiger charge is -2.19. The first-order chi connectivity index (χ1) is 8.95. The summed E-state index contributed by atoms with van der Waals surface area (Å²) >= 11 is 0. The number of hydrogen-bond donors (Lipinski definition) is 0. The number of hydrogen-bond acceptors (Lipinski definition) is 1. The number of nitrogens with zero attached hydrogens (tertiary/aromatic N) is 1. The summed E-state index contributed by atoms with van der Waals surface area (Å²) in [5.74, 6) is -0.177. The Kier molecular flexibility index (Phi) is 3.54. The van der Waals surface area contributed by atoms with Crippen molar-refractivity contribution < 1.29 is 4.39 Å². The highest BCUT2D eigenvalue weighted by molar-refractivity contribution is 6.88. The predicted molar refractivity (Wildman–Crippen MR) is 79.5 cm³/mol. The van der Waals surface area contributed by atoms with E-state index in [1.807, 2.05) is 18.2 Å². The van der Waals surface area contributed by atoms with Crippen LogP contribution >= 0.6 is 0 Å². The molecule has 0 bridgehead atoms. The minimum atomic E-state index is -1.73. The van der Waals surface area contributed by atoms with Crippen LogP contribution in [0.15, 0.2) is 42.5 Å². The Morgan fingerprint density at radius 1 is 0.947 bits per heavy atom. The smallest absolute Gasteiger partial charge is 0.130 e. The highest BCUT2D eigenvalue weighted by Gasteiger charge is 2.23. The minimum absolute atomic E-state index is 0.177. The number of benzene rings is 2. The first-order valence-electron chi connectivity index (χ1n) is 6.23. The normalized spacial score (nSPS) is 11.1. The number of nitriles is 1. The highest BCUT2D eigenvalue weighted by Crippen LogP contribution is 2.26. The van der Waals surface area contributed by atoms with E-state index in [-0.39, 0.29) is 5.82 Å². The molecule has 2 aromatic rings. The van der Waals surface area contributed by atoms with Gasteiger partial charge in [-0.05, 0) is 11.3 Å². The second-order valence-electron chi connectivity index (χ2n) is 5.57. The van der Waals surface area contributed by atoms with Crippen LogP contribution in [0.25, 0.3) is 11.1 Å². The van der Waals surface area contributed by atoms with Crippen molar-refractivity contribution in [2.45, 2.75) is 19.6 Å². The highest BCUT2D eigenvalue weighted by atomic mass is 28.3. The van der Waals surface area contributed by atoms with Gasteiger partial charge in [0.2, 0.25) is 0 Å². The Morgan fingerprint density at radius 3 is 2.21 bits per heavy atom. The van der Waals surface area contributed by atoms with Gasteiger partial charge in [0, 0.05) is 11.1 Å². The summed E-state index contributed by atoms with van der Waals surface area (Å²) in [7, 11) is -1.73. The van der Waals surface area contributed by atoms with Crippen LogP contribution in [-0.2, 0) is 0 Å². The molecule has 1 nitrogen and oxygen atoms in total. The van der Waals surface area contributed by atoms with E-state index in [2.05, 4.69) is 25.7 Å². The second kappa shape index (κ2) is 4.98. The molecule has 0 saturated heterocycles. The molecule has 0 radical (unpaired) electrons. The van der Waals surface area contributed by atoms with Gasteiger partial charge in [0.25, 0.3) is 0 Å². The zero-order valence-corrected chi connectivity index (χ0v) is 12.4. The summed E-state index contributed by atoms with van der Waals surface area (Å²) in [5.41, 5.74) is 1.70. The average molecular weight is 269 g/mol. The molecule has 0 unspecified atom stereocenters. The average Bonchev–Trinajstić information content (AvgIpc) is 2.37. The molecule has 2 rings (SSSR count). The van der Waals surface area contributed by atoms with Crippen molar-refractivity contribution in [1.29, 1.82) is 5.26 Å². The van der Waals surface area contributed by atoms with Crippen LogP contribution in [0.4, 0.5) is 4.39 Å². The molecule has 19 heavy (non-hydrogen) atoms. The molecule has 0 fully saturated rings. The zero-order valence-electron chi connectivity index (χ0n) is 11.4. The molecule has 96 valence electrons. The largest absolute Gasteiger partial charge is 0.206 e. The van der Waals surface area contributed by atoms with Crippen LogP contribution in [0.3, 0.4) is 0 Å². The molecule has 0 saturated carbocycles. The molecule has 0 aliphatic heterocycles. The van der Waals surface area contributed by atoms with Crippen molar-refractivity contribution in [1.82, 2.24) is 0 Å². The van der Waals surface area contributed by atoms with Crippen molar-refractivity contribution in [3.05, 3.63) is 53.8 Å². The summed E-state index contributed by atoms with van der Waals surface area (Å²) < 4.78 is 14.7. The monoisotopic (exact) mass is 269 g/mol. The Hall–Kier alpha value is -1.92. The summed E-state index contributed by atoms with van der Waals surface area (Å²) in [6, 6.07) is 14.7. The van der Waals surface area contributed by atoms with E-state index in [9.17, 15) is 4.39 Å². The Labute approximate surface area is 114 Å². The van der Waals surface area contributed by atoms with Gasteiger partial charge in [-0.2, -0.15) is 5.26 Å². The fourth-order valence-electron chi connectivity index (χ4n) is 2.13. The SMILES string of the molecule is C[Si](C)(C)c1cccc(-c2ccccc2C#N)c1F. The quantitative estimate of drug-likeness (QED) is 0.758. The minimum Gasteiger partial charge on any atom is -0.206 e. The van der Waals surface area contributed by atoms with E-state index in [1.54, 1.807) is 24.3 Å². The van der Waals surface area contributed by atoms with Gasteiger partial charge in [0.05, 0.1) is 19.7 Å². The molecule has 0 aromatic heterocycles. The molecule has 0 N–H and O–H groups in total. The van der Waals surface area contributed by atoms with Crippen LogP contribution in [0.2, 0.25) is 19.6 Å². The summed E-state index contributed by atoms with van der Waals surface area (Å²) in [6.07, 6.45) is 0. The maximum atomic E-state index is 14.7. The van der Waals surface area contributed by atoms with Gasteiger partial charge in [0.15, 0.2) is 0 Å². The third-order valence-electron chi connectivity index (χ3n) is 3.14. The van der Waals surface area contributed by atoms with Gasteiger partial charge in [-0.25, -0.2) is 4.39 Å². The first kappa shape index (κ1) is 13.5. The van der Waals surface area contributed by atoms with E-state index in [1.165, 1.54) is 0 Å². The van der Waals surface area contributed by atoms with Gasteiger partial charge < -0.3 is 0 Å². The molecule has 0 atom stereocenters. The molecule has 3 heteroatoms. The third-order valence-corrected chi connectivity index (χ3v) is 5.15. The third kappa shape index (κ3) is 2.59. The summed E-state index contributed by atoms with van der Waals surface area (Å²) in [5, 5.41) is 9.94. The zero-order chi connectivity index (χ0) is 14.0. The van der Waals surface area contributed by atoms with Crippen LogP contribution in [-0.4, -0.2) is 8.07 Å². The van der Waals surface area contributed by atoms with Crippen molar-refractivity contribution in [3.8, 4) is 17.2 Å². The summed E-state index contributed by atoms with van der Waals surface area (Å²) in [4.78, 5) is 0. The molecule has 0 spiro atoms. The summed E-state index contributed by atoms with van der Waals surface area (Å²) in [6.45, 7) is 6.35. The van der Waals surface area contributed by atoms with Crippen molar-refractivity contribution in [2.75, 3.05) is 0 Å². The topological polar surface area (TPSA) is 23.8 Å². The van der Waals surface area contributed by atoms with E-state index >= 15 is 0 Å². The van der Waals surface area contributed by atoms with Gasteiger partial charge in [-0.3, -0.25) is 0 Å². The predicted octanol–water partition coefficient (Wildman–Crippen LogP) is 3.91. The van der Waals surface area contributed by atoms with E-state index < -0.39 is 8.07 Å². The van der Waals surface area contributed by atoms with E-state index in [0.29, 0.717) is 16.7 Å². The van der Waals surface area contributed by atoms with Crippen molar-refractivity contribution in [2.24, 2.45) is 0 Å². The van der Waals surface area contributed by atoms with Crippen LogP contribution in [0.1, 0.15) is 5.56 Å². The fraction of sp³-hybridized carbons (Fsp3) is 0.188. The van der Waals surface area contributed by atoms with Gasteiger partial charge in [0.1, 0.15) is 5.82 Å². The van der Waals surface area contributed by atoms with Crippen LogP contribution < -0.4 is 5.19 Å². The molecule has 0 aliphatic carbocycles. The van der Waals surface area contributed by atoms with Gasteiger partial charge in [-0.1, -0.05) is 56.0 Å². The number of rotatable bonds is 2. The van der Waals surface area contributed by atoms with Gasteiger partial charge >= 0.3 is 0 Å². The molecule has 0 amide bonds. The fourth-order valence-corrected chi connectivity index (χ4v) is 3.52. The Balaban J connectivity index is 2.68. The molecule has 2 aromatic carbocycles. The molecular formula is C16H16FNSi. The lowest BCUT2D eigenvalue weighted by molar-refractivity contribution is 0.638. The molecule has 0 aliphatic rings. The van der Waals surface area contributed by atoms with Crippen molar-refractivity contribution >= 4 is 13.3 Å². The van der Waals surface area contributed by atoms with Gasteiger partial charge in [-0.15, -0.1) is 0 Å². The van der Waals surface area contributed by atoms with Crippen molar-refractivity contribution in [3.63, 3.8) is 0 Å². The first-order valence-corrected chi connectivity index (χ1v) is 9.73. The Bertz CT molecular complexity index is 651. The molecular weight excluding hydrogens is 253 g/mol. The van der Waals surface area contributed by atoms with E-state index in [4.69, 9.17) is 5.26 Å². The second-order valence-corrected chi connectivity index (χ2v) is 10.6. The maximum absolute atomic E-state index is 14.7. The van der Waals surface area contributed by atoms with Crippen LogP contribution in [0.5, 0.6) is 0 Å². The lowest BCUT2D eigenvalue weighted by atomic mass is 10.00. The number of halogens is 1. The standard InChI is InChI=1S/C16H16FNSi/c1-19(2,3)15-10-6-9-14(16(15)17)13-8-5-4-7-12(13)11-18/h4-10H,1-3H3. The van der Waals surface area contributed by atoms with Crippen LogP contribution in [0, 0.1) is 17.1 Å².